The van der Waals surface area contributed by atoms with Crippen LogP contribution in [0.3, 0.4) is 0 Å². The minimum atomic E-state index is 1.06. The molecule has 0 radical (unpaired) electrons. The van der Waals surface area contributed by atoms with Gasteiger partial charge >= 0.3 is 0 Å². The lowest BCUT2D eigenvalue weighted by Crippen LogP contribution is -1.93. The van der Waals surface area contributed by atoms with Gasteiger partial charge in [-0.3, -0.25) is 0 Å². The van der Waals surface area contributed by atoms with Gasteiger partial charge < -0.3 is 0 Å². The fourth-order valence-corrected chi connectivity index (χ4v) is 2.79. The van der Waals surface area contributed by atoms with Crippen molar-refractivity contribution in [1.82, 2.24) is 0 Å². The Labute approximate surface area is 105 Å². The van der Waals surface area contributed by atoms with E-state index in [-0.39, 0.29) is 0 Å². The van der Waals surface area contributed by atoms with Gasteiger partial charge in [0.15, 0.2) is 0 Å². The molecule has 1 aromatic carbocycles. The van der Waals surface area contributed by atoms with E-state index in [0.29, 0.717) is 0 Å². The normalized spacial score (nSPS) is 19.6. The van der Waals surface area contributed by atoms with Crippen molar-refractivity contribution in [1.29, 1.82) is 0 Å². The molecule has 2 aliphatic carbocycles. The van der Waals surface area contributed by atoms with Crippen molar-refractivity contribution in [3.05, 3.63) is 34.9 Å². The standard InChI is InChI=1S/C17H24/c1-13-10-16(8-6-14-2-3-14)12-17(11-13)9-7-15-4-5-15/h10-12,14-15H,2-9H2,1H3. The molecule has 0 heteroatoms. The molecule has 17 heavy (non-hydrogen) atoms. The lowest BCUT2D eigenvalue weighted by Gasteiger charge is -2.07. The minimum Gasteiger partial charge on any atom is -0.0561 e. The van der Waals surface area contributed by atoms with E-state index < -0.39 is 0 Å². The molecule has 0 spiro atoms. The van der Waals surface area contributed by atoms with Gasteiger partial charge in [-0.15, -0.1) is 0 Å². The predicted octanol–water partition coefficient (Wildman–Crippen LogP) is 4.68. The van der Waals surface area contributed by atoms with E-state index in [1.54, 1.807) is 11.1 Å². The first-order valence-electron chi connectivity index (χ1n) is 7.39. The zero-order valence-corrected chi connectivity index (χ0v) is 11.0. The third kappa shape index (κ3) is 3.59. The summed E-state index contributed by atoms with van der Waals surface area (Å²) in [6, 6.07) is 7.25. The van der Waals surface area contributed by atoms with Gasteiger partial charge in [0, 0.05) is 0 Å². The highest BCUT2D eigenvalue weighted by atomic mass is 14.3. The maximum absolute atomic E-state index is 2.47. The van der Waals surface area contributed by atoms with Crippen molar-refractivity contribution in [2.24, 2.45) is 11.8 Å². The van der Waals surface area contributed by atoms with Crippen molar-refractivity contribution in [2.45, 2.75) is 58.3 Å². The van der Waals surface area contributed by atoms with Gasteiger partial charge in [0.25, 0.3) is 0 Å². The van der Waals surface area contributed by atoms with Crippen LogP contribution in [0, 0.1) is 18.8 Å². The summed E-state index contributed by atoms with van der Waals surface area (Å²) in [4.78, 5) is 0. The first-order valence-corrected chi connectivity index (χ1v) is 7.39. The molecule has 0 bridgehead atoms. The third-order valence-corrected chi connectivity index (χ3v) is 4.27. The lowest BCUT2D eigenvalue weighted by molar-refractivity contribution is 0.715. The van der Waals surface area contributed by atoms with Gasteiger partial charge in [0.05, 0.1) is 0 Å². The summed E-state index contributed by atoms with van der Waals surface area (Å²) >= 11 is 0. The molecule has 0 aliphatic heterocycles. The van der Waals surface area contributed by atoms with Crippen molar-refractivity contribution in [3.63, 3.8) is 0 Å². The quantitative estimate of drug-likeness (QED) is 0.663. The molecule has 92 valence electrons. The van der Waals surface area contributed by atoms with Crippen LogP contribution in [-0.4, -0.2) is 0 Å². The summed E-state index contributed by atoms with van der Waals surface area (Å²) in [5.41, 5.74) is 4.63. The second kappa shape index (κ2) is 4.84. The average molecular weight is 228 g/mol. The van der Waals surface area contributed by atoms with Gasteiger partial charge in [-0.25, -0.2) is 0 Å². The van der Waals surface area contributed by atoms with Gasteiger partial charge in [-0.2, -0.15) is 0 Å². The van der Waals surface area contributed by atoms with Crippen molar-refractivity contribution in [3.8, 4) is 0 Å². The Morgan fingerprint density at radius 3 is 1.71 bits per heavy atom. The molecule has 0 nitrogen and oxygen atoms in total. The van der Waals surface area contributed by atoms with Crippen LogP contribution in [0.2, 0.25) is 0 Å². The minimum absolute atomic E-state index is 1.06. The van der Waals surface area contributed by atoms with Crippen LogP contribution >= 0.6 is 0 Å². The van der Waals surface area contributed by atoms with Crippen LogP contribution in [-0.2, 0) is 12.8 Å². The third-order valence-electron chi connectivity index (χ3n) is 4.27. The molecule has 0 aromatic heterocycles. The molecule has 2 fully saturated rings. The zero-order chi connectivity index (χ0) is 11.7. The Morgan fingerprint density at radius 2 is 1.29 bits per heavy atom. The number of rotatable bonds is 6. The maximum Gasteiger partial charge on any atom is -0.0276 e. The molecular weight excluding hydrogens is 204 g/mol. The van der Waals surface area contributed by atoms with Gasteiger partial charge in [0.1, 0.15) is 0 Å². The molecule has 3 rings (SSSR count). The Balaban J connectivity index is 1.60. The molecule has 0 heterocycles. The molecule has 2 saturated carbocycles. The molecular formula is C17H24. The summed E-state index contributed by atoms with van der Waals surface area (Å²) in [6.07, 6.45) is 11.4. The smallest absolute Gasteiger partial charge is 0.0276 e. The van der Waals surface area contributed by atoms with Gasteiger partial charge in [-0.1, -0.05) is 49.4 Å². The number of benzene rings is 1. The van der Waals surface area contributed by atoms with E-state index >= 15 is 0 Å². The largest absolute Gasteiger partial charge is 0.0561 e. The maximum atomic E-state index is 2.47. The lowest BCUT2D eigenvalue weighted by atomic mass is 9.98. The SMILES string of the molecule is Cc1cc(CCC2CC2)cc(CCC2CC2)c1. The van der Waals surface area contributed by atoms with Crippen molar-refractivity contribution < 1.29 is 0 Å². The molecule has 0 unspecified atom stereocenters. The second-order valence-corrected chi connectivity index (χ2v) is 6.29. The number of hydrogen-bond donors (Lipinski definition) is 0. The predicted molar refractivity (Wildman–Crippen MR) is 73.3 cm³/mol. The van der Waals surface area contributed by atoms with Crippen LogP contribution in [0.15, 0.2) is 18.2 Å². The second-order valence-electron chi connectivity index (χ2n) is 6.29. The molecule has 0 amide bonds. The van der Waals surface area contributed by atoms with E-state index in [2.05, 4.69) is 25.1 Å². The first kappa shape index (κ1) is 11.3. The van der Waals surface area contributed by atoms with Gasteiger partial charge in [0.2, 0.25) is 0 Å². The Bertz CT molecular complexity index is 349. The van der Waals surface area contributed by atoms with E-state index in [0.717, 1.165) is 11.8 Å². The first-order chi connectivity index (χ1) is 8.29. The summed E-state index contributed by atoms with van der Waals surface area (Å²) in [7, 11) is 0. The number of hydrogen-bond acceptors (Lipinski definition) is 0. The van der Waals surface area contributed by atoms with E-state index in [9.17, 15) is 0 Å². The number of aryl methyl sites for hydroxylation is 3. The highest BCUT2D eigenvalue weighted by Gasteiger charge is 2.21. The fourth-order valence-electron chi connectivity index (χ4n) is 2.79. The zero-order valence-electron chi connectivity index (χ0n) is 11.0. The van der Waals surface area contributed by atoms with E-state index in [1.165, 1.54) is 56.9 Å². The van der Waals surface area contributed by atoms with Crippen LogP contribution in [0.5, 0.6) is 0 Å². The Kier molecular flexibility index (Phi) is 3.22. The molecule has 1 aromatic rings. The van der Waals surface area contributed by atoms with Crippen molar-refractivity contribution >= 4 is 0 Å². The Hall–Kier alpha value is -0.780. The van der Waals surface area contributed by atoms with Crippen LogP contribution in [0.1, 0.15) is 55.2 Å². The molecule has 0 atom stereocenters. The topological polar surface area (TPSA) is 0 Å². The fraction of sp³-hybridized carbons (Fsp3) is 0.647. The summed E-state index contributed by atoms with van der Waals surface area (Å²) < 4.78 is 0. The summed E-state index contributed by atoms with van der Waals surface area (Å²) in [5.74, 6) is 2.12. The van der Waals surface area contributed by atoms with Crippen molar-refractivity contribution in [2.75, 3.05) is 0 Å². The monoisotopic (exact) mass is 228 g/mol. The highest BCUT2D eigenvalue weighted by Crippen LogP contribution is 2.35. The summed E-state index contributed by atoms with van der Waals surface area (Å²) in [6.45, 7) is 2.25. The average Bonchev–Trinajstić information content (AvgIpc) is 3.15. The van der Waals surface area contributed by atoms with Gasteiger partial charge in [-0.05, 0) is 55.6 Å². The molecule has 0 N–H and O–H groups in total. The van der Waals surface area contributed by atoms with Crippen LogP contribution in [0.25, 0.3) is 0 Å². The molecule has 2 aliphatic rings. The van der Waals surface area contributed by atoms with E-state index in [4.69, 9.17) is 0 Å². The highest BCUT2D eigenvalue weighted by molar-refractivity contribution is 5.29. The Morgan fingerprint density at radius 1 is 0.824 bits per heavy atom. The molecule has 0 saturated heterocycles. The van der Waals surface area contributed by atoms with Crippen LogP contribution in [0.4, 0.5) is 0 Å². The summed E-state index contributed by atoms with van der Waals surface area (Å²) in [5, 5.41) is 0. The van der Waals surface area contributed by atoms with Crippen LogP contribution < -0.4 is 0 Å². The van der Waals surface area contributed by atoms with E-state index in [1.807, 2.05) is 0 Å².